The zero-order valence-corrected chi connectivity index (χ0v) is 21.8. The number of ketones is 1. The van der Waals surface area contributed by atoms with Crippen molar-refractivity contribution in [3.8, 4) is 0 Å². The van der Waals surface area contributed by atoms with Crippen LogP contribution in [-0.2, 0) is 33.3 Å². The zero-order chi connectivity index (χ0) is 26.3. The maximum Gasteiger partial charge on any atom is 0.303 e. The molecule has 1 saturated heterocycles. The molecule has 0 aromatic carbocycles. The first-order chi connectivity index (χ1) is 16.1. The molecule has 8 unspecified atom stereocenters. The van der Waals surface area contributed by atoms with Crippen LogP contribution in [0.15, 0.2) is 11.1 Å². The number of aliphatic hydroxyl groups excluding tert-OH is 1. The van der Waals surface area contributed by atoms with Gasteiger partial charge in [-0.25, -0.2) is 0 Å². The summed E-state index contributed by atoms with van der Waals surface area (Å²) in [6.45, 7) is 11.6. The van der Waals surface area contributed by atoms with Crippen molar-refractivity contribution in [3.63, 3.8) is 0 Å². The minimum atomic E-state index is -1.67. The highest BCUT2D eigenvalue weighted by atomic mass is 16.6. The van der Waals surface area contributed by atoms with Gasteiger partial charge in [-0.1, -0.05) is 26.3 Å². The van der Waals surface area contributed by atoms with Crippen LogP contribution in [0.5, 0.6) is 0 Å². The maximum absolute atomic E-state index is 14.5. The number of carbonyl (C=O) groups excluding carboxylic acids is 3. The fourth-order valence-electron chi connectivity index (χ4n) is 7.53. The minimum absolute atomic E-state index is 0.0410. The third-order valence-electron chi connectivity index (χ3n) is 9.56. The van der Waals surface area contributed by atoms with Crippen LogP contribution in [0.1, 0.15) is 61.3 Å². The second-order valence-electron chi connectivity index (χ2n) is 11.6. The predicted octanol–water partition coefficient (Wildman–Crippen LogP) is 1.72. The largest absolute Gasteiger partial charge is 0.459 e. The van der Waals surface area contributed by atoms with Gasteiger partial charge in [0, 0.05) is 32.8 Å². The average Bonchev–Trinajstić information content (AvgIpc) is 2.74. The van der Waals surface area contributed by atoms with E-state index >= 15 is 0 Å². The van der Waals surface area contributed by atoms with E-state index in [9.17, 15) is 24.6 Å². The Balaban J connectivity index is 2.10. The summed E-state index contributed by atoms with van der Waals surface area (Å²) in [6, 6.07) is 0. The summed E-state index contributed by atoms with van der Waals surface area (Å²) in [5.74, 6) is -2.86. The molecular formula is C26H38O9. The number of carbonyl (C=O) groups is 3. The molecule has 2 saturated carbocycles. The number of fused-ring (bicyclic) bond motifs is 5. The minimum Gasteiger partial charge on any atom is -0.459 e. The highest BCUT2D eigenvalue weighted by Gasteiger charge is 2.77. The smallest absolute Gasteiger partial charge is 0.303 e. The monoisotopic (exact) mass is 494 g/mol. The Bertz CT molecular complexity index is 985. The SMILES string of the molecule is COC1C(=O)[C@]2(C)C(O)CC3OCC3(OC(C)=O)C2C(OC(C)=O)C2(O)CC(C)C(C)=C1C2(C)C. The van der Waals surface area contributed by atoms with Gasteiger partial charge >= 0.3 is 11.9 Å². The van der Waals surface area contributed by atoms with Crippen LogP contribution in [0.25, 0.3) is 0 Å². The van der Waals surface area contributed by atoms with Crippen molar-refractivity contribution in [2.75, 3.05) is 13.7 Å². The van der Waals surface area contributed by atoms with Crippen LogP contribution in [0, 0.1) is 22.7 Å². The van der Waals surface area contributed by atoms with Crippen molar-refractivity contribution >= 4 is 17.7 Å². The molecule has 9 heteroatoms. The lowest BCUT2D eigenvalue weighted by Crippen LogP contribution is -2.81. The number of aliphatic hydroxyl groups is 2. The highest BCUT2D eigenvalue weighted by Crippen LogP contribution is 2.64. The van der Waals surface area contributed by atoms with Gasteiger partial charge in [0.15, 0.2) is 11.4 Å². The number of allylic oxidation sites excluding steroid dienone is 1. The van der Waals surface area contributed by atoms with Crippen molar-refractivity contribution in [1.29, 1.82) is 0 Å². The van der Waals surface area contributed by atoms with Crippen molar-refractivity contribution in [1.82, 2.24) is 0 Å². The van der Waals surface area contributed by atoms with Crippen molar-refractivity contribution in [3.05, 3.63) is 11.1 Å². The molecule has 0 spiro atoms. The highest BCUT2D eigenvalue weighted by molar-refractivity contribution is 5.93. The third kappa shape index (κ3) is 3.24. The molecule has 0 aromatic rings. The van der Waals surface area contributed by atoms with E-state index in [1.165, 1.54) is 21.0 Å². The Morgan fingerprint density at radius 3 is 2.26 bits per heavy atom. The molecule has 2 bridgehead atoms. The van der Waals surface area contributed by atoms with Crippen LogP contribution in [0.2, 0.25) is 0 Å². The molecular weight excluding hydrogens is 456 g/mol. The van der Waals surface area contributed by atoms with Crippen molar-refractivity contribution in [2.24, 2.45) is 22.7 Å². The maximum atomic E-state index is 14.5. The molecule has 2 N–H and O–H groups in total. The molecule has 4 rings (SSSR count). The van der Waals surface area contributed by atoms with Crippen molar-refractivity contribution < 1.29 is 43.5 Å². The Hall–Kier alpha value is -1.81. The van der Waals surface area contributed by atoms with Gasteiger partial charge in [-0.05, 0) is 31.8 Å². The van der Waals surface area contributed by atoms with E-state index in [1.807, 2.05) is 27.7 Å². The van der Waals surface area contributed by atoms with E-state index in [4.69, 9.17) is 18.9 Å². The summed E-state index contributed by atoms with van der Waals surface area (Å²) in [5.41, 5.74) is -4.11. The molecule has 9 nitrogen and oxygen atoms in total. The Morgan fingerprint density at radius 1 is 1.14 bits per heavy atom. The molecule has 35 heavy (non-hydrogen) atoms. The molecule has 196 valence electrons. The summed E-state index contributed by atoms with van der Waals surface area (Å²) in [4.78, 5) is 39.3. The number of hydrogen-bond acceptors (Lipinski definition) is 9. The molecule has 9 atom stereocenters. The van der Waals surface area contributed by atoms with Crippen LogP contribution < -0.4 is 0 Å². The summed E-state index contributed by atoms with van der Waals surface area (Å²) in [6.07, 6.45) is -3.96. The van der Waals surface area contributed by atoms with Gasteiger partial charge in [-0.3, -0.25) is 14.4 Å². The molecule has 3 fully saturated rings. The normalized spacial score (nSPS) is 46.4. The predicted molar refractivity (Wildman–Crippen MR) is 123 cm³/mol. The van der Waals surface area contributed by atoms with E-state index < -0.39 is 70.1 Å². The van der Waals surface area contributed by atoms with Gasteiger partial charge in [0.2, 0.25) is 0 Å². The van der Waals surface area contributed by atoms with E-state index in [0.717, 1.165) is 5.57 Å². The first-order valence-corrected chi connectivity index (χ1v) is 12.3. The van der Waals surface area contributed by atoms with Gasteiger partial charge in [0.05, 0.1) is 24.0 Å². The number of esters is 2. The lowest BCUT2D eigenvalue weighted by Gasteiger charge is -2.67. The second kappa shape index (κ2) is 8.10. The quantitative estimate of drug-likeness (QED) is 0.445. The Morgan fingerprint density at radius 2 is 1.77 bits per heavy atom. The summed E-state index contributed by atoms with van der Waals surface area (Å²) in [7, 11) is 1.44. The van der Waals surface area contributed by atoms with Gasteiger partial charge < -0.3 is 29.2 Å². The van der Waals surface area contributed by atoms with Crippen molar-refractivity contribution in [2.45, 2.75) is 96.9 Å². The van der Waals surface area contributed by atoms with E-state index in [-0.39, 0.29) is 25.4 Å². The number of rotatable bonds is 3. The fraction of sp³-hybridized carbons (Fsp3) is 0.808. The molecule has 3 aliphatic carbocycles. The van der Waals surface area contributed by atoms with E-state index in [2.05, 4.69) is 0 Å². The van der Waals surface area contributed by atoms with E-state index in [1.54, 1.807) is 6.92 Å². The topological polar surface area (TPSA) is 129 Å². The van der Waals surface area contributed by atoms with Crippen LogP contribution >= 0.6 is 0 Å². The zero-order valence-electron chi connectivity index (χ0n) is 21.8. The average molecular weight is 495 g/mol. The number of Topliss-reactive ketones (excluding diaryl/α,β-unsaturated/α-hetero) is 1. The van der Waals surface area contributed by atoms with Gasteiger partial charge in [0.25, 0.3) is 0 Å². The number of methoxy groups -OCH3 is 1. The fourth-order valence-corrected chi connectivity index (χ4v) is 7.53. The lowest BCUT2D eigenvalue weighted by molar-refractivity contribution is -0.347. The van der Waals surface area contributed by atoms with E-state index in [0.29, 0.717) is 5.57 Å². The molecule has 0 aromatic heterocycles. The van der Waals surface area contributed by atoms with Crippen LogP contribution in [0.4, 0.5) is 0 Å². The van der Waals surface area contributed by atoms with Gasteiger partial charge in [-0.2, -0.15) is 0 Å². The standard InChI is InChI=1S/C26H38O9/c1-12-10-26(31)22(34-14(3)27)20-24(7,16(29)9-17-25(20,11-33-17)35-15(4)28)21(30)19(32-8)18(13(12)2)23(26,5)6/h12,16-17,19-20,22,29,31H,9-11H2,1-8H3/t12?,16?,17?,19?,20?,22?,24-,25?,26?/m1/s1. The molecule has 0 amide bonds. The summed E-state index contributed by atoms with van der Waals surface area (Å²) >= 11 is 0. The summed E-state index contributed by atoms with van der Waals surface area (Å²) in [5, 5.41) is 24.1. The Kier molecular flexibility index (Phi) is 6.07. The van der Waals surface area contributed by atoms with Crippen LogP contribution in [-0.4, -0.2) is 77.3 Å². The Labute approximate surface area is 206 Å². The number of hydrogen-bond donors (Lipinski definition) is 2. The van der Waals surface area contributed by atoms with Gasteiger partial charge in [0.1, 0.15) is 23.9 Å². The summed E-state index contributed by atoms with van der Waals surface area (Å²) < 4.78 is 23.4. The first kappa shape index (κ1) is 26.3. The lowest BCUT2D eigenvalue weighted by atomic mass is 9.44. The molecule has 1 heterocycles. The van der Waals surface area contributed by atoms with Crippen LogP contribution in [0.3, 0.4) is 0 Å². The number of ether oxygens (including phenoxy) is 4. The molecule has 1 aliphatic heterocycles. The molecule has 0 radical (unpaired) electrons. The third-order valence-corrected chi connectivity index (χ3v) is 9.56. The first-order valence-electron chi connectivity index (χ1n) is 12.3. The van der Waals surface area contributed by atoms with Gasteiger partial charge in [-0.15, -0.1) is 0 Å². The second-order valence-corrected chi connectivity index (χ2v) is 11.6. The molecule has 4 aliphatic rings.